The van der Waals surface area contributed by atoms with Crippen molar-refractivity contribution in [3.63, 3.8) is 0 Å². The van der Waals surface area contributed by atoms with E-state index >= 15 is 0 Å². The Morgan fingerprint density at radius 2 is 0.577 bits per heavy atom. The van der Waals surface area contributed by atoms with Gasteiger partial charge in [0.25, 0.3) is 6.71 Å². The summed E-state index contributed by atoms with van der Waals surface area (Å²) in [5, 5.41) is 13.2. The number of fused-ring (bicyclic) bond motifs is 22. The smallest absolute Gasteiger partial charge is 0.252 e. The third-order valence-corrected chi connectivity index (χ3v) is 27.1. The monoisotopic (exact) mass is 1560 g/mol. The number of aromatic nitrogens is 6. The molecule has 24 aromatic rings. The first-order valence-electron chi connectivity index (χ1n) is 42.8. The summed E-state index contributed by atoms with van der Waals surface area (Å²) < 4.78 is 10.00. The van der Waals surface area contributed by atoms with Crippen molar-refractivity contribution in [1.82, 2.24) is 28.2 Å². The van der Waals surface area contributed by atoms with Crippen molar-refractivity contribution in [2.45, 2.75) is 12.8 Å². The Balaban J connectivity index is 0.816. The topological polar surface area (TPSA) is 57.8 Å². The van der Waals surface area contributed by atoms with Crippen molar-refractivity contribution in [2.24, 2.45) is 0 Å². The minimum Gasteiger partial charge on any atom is -0.354 e. The number of nitrogens with zero attached hydrogens (tertiary/aromatic N) is 6. The summed E-state index contributed by atoms with van der Waals surface area (Å²) in [6.07, 6.45) is 6.71. The lowest BCUT2D eigenvalue weighted by molar-refractivity contribution is 0.967. The molecule has 9 heteroatoms. The summed E-state index contributed by atoms with van der Waals surface area (Å²) in [6.45, 7) is -0.315. The number of H-pyrrole nitrogens is 2. The zero-order valence-corrected chi connectivity index (χ0v) is 66.9. The largest absolute Gasteiger partial charge is 0.354 e. The van der Waals surface area contributed by atoms with E-state index in [1.807, 2.05) is 0 Å². The maximum absolute atomic E-state index is 3.92. The van der Waals surface area contributed by atoms with Gasteiger partial charge in [0.15, 0.2) is 0 Å². The molecule has 0 spiro atoms. The summed E-state index contributed by atoms with van der Waals surface area (Å²) in [5.41, 5.74) is 38.5. The summed E-state index contributed by atoms with van der Waals surface area (Å²) in [7, 11) is 0. The number of hydrogen-bond acceptors (Lipinski definition) is 2. The second-order valence-electron chi connectivity index (χ2n) is 33.3. The zero-order valence-electron chi connectivity index (χ0n) is 66.9. The van der Waals surface area contributed by atoms with Crippen molar-refractivity contribution in [3.05, 3.63) is 412 Å². The summed E-state index contributed by atoms with van der Waals surface area (Å²) in [5.74, 6) is 0. The van der Waals surface area contributed by atoms with Gasteiger partial charge in [-0.25, -0.2) is 0 Å². The quantitative estimate of drug-likeness (QED) is 0.134. The second-order valence-corrected chi connectivity index (χ2v) is 33.3. The fraction of sp³-hybridized carbons (Fsp3) is 0.0175. The molecule has 2 aliphatic heterocycles. The standard InChI is InChI=1S/C114H73BN8/c1-3-30-70(31-4-1)118-100-58-21-13-40-88(100)110-80(44-27-60-102(110)118)84-48-23-46-82(78-42-25-52-94-108(78)86-38-7-15-50-92(86)116-94)113(84)122-104-62-29-63-105-112(104)115(90-66-64-72(68-106(90)122)120-96-54-17-9-34-74(96)75-35-10-18-55-97(75)120)91-67-65-73(121-98-56-19-11-36-76(98)77-37-12-20-57-99(77)121)69-107(91)123(105)114-83(79-43-26-53-95-109(79)87-39-8-16-51-93(87)117-95)47-24-49-85(114)81-45-28-61-103-111(81)89-41-14-22-59-101(89)119(103)71-32-5-2-6-33-71/h1-11,13-36,38-69,116-117H,12,37H2. The predicted molar refractivity (Wildman–Crippen MR) is 518 cm³/mol. The van der Waals surface area contributed by atoms with E-state index in [9.17, 15) is 0 Å². The molecule has 0 fully saturated rings. The van der Waals surface area contributed by atoms with Gasteiger partial charge in [0.1, 0.15) is 0 Å². The van der Waals surface area contributed by atoms with E-state index in [-0.39, 0.29) is 6.71 Å². The first kappa shape index (κ1) is 67.9. The average Bonchev–Trinajstić information content (AvgIpc) is 1.03. The van der Waals surface area contributed by atoms with Crippen molar-refractivity contribution in [2.75, 3.05) is 9.80 Å². The number of aromatic amines is 2. The number of aryl methyl sites for hydroxylation is 1. The molecule has 8 nitrogen and oxygen atoms in total. The van der Waals surface area contributed by atoms with E-state index < -0.39 is 0 Å². The number of nitrogens with one attached hydrogen (secondary N) is 2. The molecule has 572 valence electrons. The van der Waals surface area contributed by atoms with Gasteiger partial charge in [0.05, 0.1) is 50.0 Å². The van der Waals surface area contributed by atoms with Gasteiger partial charge in [-0.1, -0.05) is 273 Å². The zero-order chi connectivity index (χ0) is 80.2. The molecular weight excluding hydrogens is 1490 g/mol. The van der Waals surface area contributed by atoms with Gasteiger partial charge in [0, 0.05) is 155 Å². The molecule has 27 rings (SSSR count). The number of benzene rings is 18. The van der Waals surface area contributed by atoms with Crippen molar-refractivity contribution in [3.8, 4) is 67.3 Å². The van der Waals surface area contributed by atoms with Gasteiger partial charge in [-0.05, 0) is 191 Å². The van der Waals surface area contributed by atoms with Gasteiger partial charge < -0.3 is 38.0 Å². The molecule has 0 amide bonds. The van der Waals surface area contributed by atoms with Crippen LogP contribution in [-0.2, 0) is 6.42 Å². The van der Waals surface area contributed by atoms with Crippen LogP contribution in [0.15, 0.2) is 400 Å². The summed E-state index contributed by atoms with van der Waals surface area (Å²) in [6, 6.07) is 149. The van der Waals surface area contributed by atoms with Crippen molar-refractivity contribution < 1.29 is 0 Å². The molecule has 0 bridgehead atoms. The number of hydrogen-bond donors (Lipinski definition) is 2. The predicted octanol–water partition coefficient (Wildman–Crippen LogP) is 27.9. The van der Waals surface area contributed by atoms with E-state index in [0.29, 0.717) is 0 Å². The van der Waals surface area contributed by atoms with Gasteiger partial charge in [-0.2, -0.15) is 0 Å². The fourth-order valence-electron chi connectivity index (χ4n) is 22.2. The van der Waals surface area contributed by atoms with E-state index in [1.54, 1.807) is 0 Å². The third-order valence-electron chi connectivity index (χ3n) is 27.1. The van der Waals surface area contributed by atoms with E-state index in [2.05, 4.69) is 445 Å². The molecule has 18 aromatic carbocycles. The fourth-order valence-corrected chi connectivity index (χ4v) is 22.2. The highest BCUT2D eigenvalue weighted by atomic mass is 15.2. The van der Waals surface area contributed by atoms with Gasteiger partial charge >= 0.3 is 0 Å². The Labute approximate surface area is 708 Å². The van der Waals surface area contributed by atoms with Crippen molar-refractivity contribution >= 4 is 183 Å². The Kier molecular flexibility index (Phi) is 14.5. The number of allylic oxidation sites excluding steroid dienone is 1. The lowest BCUT2D eigenvalue weighted by atomic mass is 9.33. The van der Waals surface area contributed by atoms with Crippen LogP contribution >= 0.6 is 0 Å². The molecule has 0 saturated carbocycles. The molecule has 8 heterocycles. The first-order chi connectivity index (χ1) is 61.1. The molecule has 0 saturated heterocycles. The minimum absolute atomic E-state index is 0.315. The SMILES string of the molecule is C1=Cc2c(c3ccccc3n2-c2ccc3c(c2)N(c2c(-c4cccc5[nH]c6ccccc6c45)cccc2-c2cccc4c2c2ccccc2n4-c2ccccc2)c2cccc4c2B3c2ccc(-n3c5ccccc5c5ccccc53)cc2N4c2c(-c3cccc4[nH]c5ccccc5c34)cccc2-c2cccc3c2c2ccccc2n3-c2ccccc2)CC1. The van der Waals surface area contributed by atoms with Crippen LogP contribution in [0.4, 0.5) is 34.1 Å². The maximum Gasteiger partial charge on any atom is 0.252 e. The highest BCUT2D eigenvalue weighted by molar-refractivity contribution is 7.00. The van der Waals surface area contributed by atoms with Crippen LogP contribution in [0.3, 0.4) is 0 Å². The highest BCUT2D eigenvalue weighted by Crippen LogP contribution is 2.57. The van der Waals surface area contributed by atoms with E-state index in [0.717, 1.165) is 169 Å². The lowest BCUT2D eigenvalue weighted by Crippen LogP contribution is -2.61. The molecule has 6 aromatic heterocycles. The molecule has 1 aliphatic carbocycles. The number of anilines is 6. The van der Waals surface area contributed by atoms with Crippen LogP contribution in [0.1, 0.15) is 17.7 Å². The number of para-hydroxylation sites is 11. The van der Waals surface area contributed by atoms with Crippen molar-refractivity contribution in [1.29, 1.82) is 0 Å². The number of rotatable bonds is 10. The second kappa shape index (κ2) is 26.2. The van der Waals surface area contributed by atoms with Crippen LogP contribution in [0.5, 0.6) is 0 Å². The lowest BCUT2D eigenvalue weighted by Gasteiger charge is -2.45. The third kappa shape index (κ3) is 9.67. The van der Waals surface area contributed by atoms with Crippen LogP contribution in [-0.4, -0.2) is 34.9 Å². The van der Waals surface area contributed by atoms with Crippen LogP contribution < -0.4 is 26.2 Å². The van der Waals surface area contributed by atoms with Gasteiger partial charge in [0.2, 0.25) is 0 Å². The van der Waals surface area contributed by atoms with Crippen LogP contribution in [0.2, 0.25) is 0 Å². The normalized spacial score (nSPS) is 13.1. The Morgan fingerprint density at radius 3 is 1.06 bits per heavy atom. The van der Waals surface area contributed by atoms with Crippen LogP contribution in [0, 0.1) is 0 Å². The highest BCUT2D eigenvalue weighted by Gasteiger charge is 2.46. The Bertz CT molecular complexity index is 8630. The van der Waals surface area contributed by atoms with Crippen LogP contribution in [0.25, 0.3) is 193 Å². The summed E-state index contributed by atoms with van der Waals surface area (Å²) >= 11 is 0. The molecule has 3 aliphatic rings. The molecule has 2 N–H and O–H groups in total. The minimum atomic E-state index is -0.315. The van der Waals surface area contributed by atoms with Gasteiger partial charge in [-0.3, -0.25) is 0 Å². The Hall–Kier alpha value is -16.1. The Morgan fingerprint density at radius 1 is 0.236 bits per heavy atom. The maximum atomic E-state index is 3.92. The molecule has 0 atom stereocenters. The van der Waals surface area contributed by atoms with E-state index in [4.69, 9.17) is 0 Å². The van der Waals surface area contributed by atoms with Gasteiger partial charge in [-0.15, -0.1) is 0 Å². The molecule has 123 heavy (non-hydrogen) atoms. The molecule has 0 radical (unpaired) electrons. The molecule has 0 unspecified atom stereocenters. The van der Waals surface area contributed by atoms with E-state index in [1.165, 1.54) is 92.4 Å². The summed E-state index contributed by atoms with van der Waals surface area (Å²) in [4.78, 5) is 13.3. The first-order valence-corrected chi connectivity index (χ1v) is 42.8. The average molecular weight is 1570 g/mol. The molecular formula is C114H73BN8.